The third-order valence-corrected chi connectivity index (χ3v) is 5.35. The van der Waals surface area contributed by atoms with Gasteiger partial charge in [-0.1, -0.05) is 42.5 Å². The summed E-state index contributed by atoms with van der Waals surface area (Å²) >= 11 is 0. The van der Waals surface area contributed by atoms with Crippen LogP contribution < -0.4 is 15.8 Å². The number of fused-ring (bicyclic) bond motifs is 1. The van der Waals surface area contributed by atoms with Crippen molar-refractivity contribution < 1.29 is 9.53 Å². The Morgan fingerprint density at radius 3 is 2.42 bits per heavy atom. The minimum absolute atomic E-state index is 0.0374. The summed E-state index contributed by atoms with van der Waals surface area (Å²) in [4.78, 5) is 12.3. The number of carbonyl (C=O) groups is 1. The highest BCUT2D eigenvalue weighted by molar-refractivity contribution is 6.01. The number of ether oxygens (including phenoxy) is 1. The van der Waals surface area contributed by atoms with Gasteiger partial charge in [-0.05, 0) is 43.7 Å². The van der Waals surface area contributed by atoms with Gasteiger partial charge in [-0.3, -0.25) is 4.79 Å². The Morgan fingerprint density at radius 2 is 1.74 bits per heavy atom. The van der Waals surface area contributed by atoms with Gasteiger partial charge >= 0.3 is 0 Å². The number of hydrogen-bond acceptors (Lipinski definition) is 3. The standard InChI is InChI=1S/C26H27N3O2/c1-3-29-23-17-21(31-4-2)14-15-22(23)25(27)26(29)19-10-12-20(13-11-19)28-24(30)16-18-8-6-5-7-9-18/h5-15,17H,3-4,16,27H2,1-2H3,(H,28,30). The van der Waals surface area contributed by atoms with Gasteiger partial charge in [0.1, 0.15) is 5.75 Å². The maximum absolute atomic E-state index is 12.3. The Hall–Kier alpha value is -3.73. The predicted octanol–water partition coefficient (Wildman–Crippen LogP) is 5.49. The predicted molar refractivity (Wildman–Crippen MR) is 127 cm³/mol. The molecular formula is C26H27N3O2. The first-order valence-corrected chi connectivity index (χ1v) is 10.6. The molecule has 0 radical (unpaired) electrons. The normalized spacial score (nSPS) is 10.9. The highest BCUT2D eigenvalue weighted by Crippen LogP contribution is 2.38. The maximum Gasteiger partial charge on any atom is 0.228 e. The van der Waals surface area contributed by atoms with Crippen molar-refractivity contribution in [1.29, 1.82) is 0 Å². The molecule has 0 aliphatic rings. The van der Waals surface area contributed by atoms with Crippen molar-refractivity contribution in [2.45, 2.75) is 26.8 Å². The Balaban J connectivity index is 1.60. The lowest BCUT2D eigenvalue weighted by Gasteiger charge is -2.11. The summed E-state index contributed by atoms with van der Waals surface area (Å²) in [6.45, 7) is 5.49. The maximum atomic E-state index is 12.3. The summed E-state index contributed by atoms with van der Waals surface area (Å²) in [6, 6.07) is 23.6. The van der Waals surface area contributed by atoms with E-state index in [9.17, 15) is 4.79 Å². The lowest BCUT2D eigenvalue weighted by Crippen LogP contribution is -2.14. The number of nitrogen functional groups attached to an aromatic ring is 1. The molecule has 3 aromatic carbocycles. The second-order valence-electron chi connectivity index (χ2n) is 7.41. The molecule has 0 aliphatic heterocycles. The van der Waals surface area contributed by atoms with Crippen LogP contribution in [0.5, 0.6) is 5.75 Å². The number of rotatable bonds is 7. The fraction of sp³-hybridized carbons (Fsp3) is 0.192. The molecule has 1 aromatic heterocycles. The smallest absolute Gasteiger partial charge is 0.228 e. The number of nitrogens with zero attached hydrogens (tertiary/aromatic N) is 1. The van der Waals surface area contributed by atoms with E-state index in [1.807, 2.05) is 79.7 Å². The number of nitrogens with one attached hydrogen (secondary N) is 1. The average Bonchev–Trinajstić information content (AvgIpc) is 3.06. The van der Waals surface area contributed by atoms with Crippen LogP contribution in [0.4, 0.5) is 11.4 Å². The van der Waals surface area contributed by atoms with Crippen LogP contribution in [-0.4, -0.2) is 17.1 Å². The minimum atomic E-state index is -0.0374. The number of nitrogens with two attached hydrogens (primary N) is 1. The van der Waals surface area contributed by atoms with Crippen LogP contribution in [0.15, 0.2) is 72.8 Å². The van der Waals surface area contributed by atoms with Gasteiger partial charge in [0, 0.05) is 29.2 Å². The summed E-state index contributed by atoms with van der Waals surface area (Å²) in [7, 11) is 0. The van der Waals surface area contributed by atoms with Gasteiger partial charge in [-0.2, -0.15) is 0 Å². The molecule has 0 spiro atoms. The topological polar surface area (TPSA) is 69.3 Å². The minimum Gasteiger partial charge on any atom is -0.494 e. The van der Waals surface area contributed by atoms with E-state index < -0.39 is 0 Å². The number of amides is 1. The van der Waals surface area contributed by atoms with Gasteiger partial charge in [0.05, 0.1) is 29.9 Å². The van der Waals surface area contributed by atoms with Crippen molar-refractivity contribution >= 4 is 28.2 Å². The van der Waals surface area contributed by atoms with E-state index in [-0.39, 0.29) is 5.91 Å². The van der Waals surface area contributed by atoms with Gasteiger partial charge in [-0.15, -0.1) is 0 Å². The molecule has 158 valence electrons. The first-order chi connectivity index (χ1) is 15.1. The van der Waals surface area contributed by atoms with Crippen molar-refractivity contribution in [1.82, 2.24) is 4.57 Å². The van der Waals surface area contributed by atoms with Gasteiger partial charge in [0.15, 0.2) is 0 Å². The summed E-state index contributed by atoms with van der Waals surface area (Å²) in [5, 5.41) is 3.98. The van der Waals surface area contributed by atoms with Crippen molar-refractivity contribution in [2.75, 3.05) is 17.7 Å². The molecule has 0 saturated carbocycles. The summed E-state index contributed by atoms with van der Waals surface area (Å²) < 4.78 is 7.87. The van der Waals surface area contributed by atoms with E-state index >= 15 is 0 Å². The molecule has 0 fully saturated rings. The van der Waals surface area contributed by atoms with E-state index in [0.717, 1.165) is 51.4 Å². The van der Waals surface area contributed by atoms with E-state index in [4.69, 9.17) is 10.5 Å². The zero-order chi connectivity index (χ0) is 21.8. The van der Waals surface area contributed by atoms with Crippen LogP contribution in [0.2, 0.25) is 0 Å². The SMILES string of the molecule is CCOc1ccc2c(N)c(-c3ccc(NC(=O)Cc4ccccc4)cc3)n(CC)c2c1. The summed E-state index contributed by atoms with van der Waals surface area (Å²) in [6.07, 6.45) is 0.349. The molecule has 5 heteroatoms. The largest absolute Gasteiger partial charge is 0.494 e. The van der Waals surface area contributed by atoms with Crippen LogP contribution >= 0.6 is 0 Å². The lowest BCUT2D eigenvalue weighted by molar-refractivity contribution is -0.115. The summed E-state index contributed by atoms with van der Waals surface area (Å²) in [5.41, 5.74) is 12.1. The van der Waals surface area contributed by atoms with Crippen LogP contribution in [0, 0.1) is 0 Å². The molecule has 4 rings (SSSR count). The fourth-order valence-corrected chi connectivity index (χ4v) is 3.95. The van der Waals surface area contributed by atoms with Crippen LogP contribution in [-0.2, 0) is 17.8 Å². The Labute approximate surface area is 182 Å². The van der Waals surface area contributed by atoms with Crippen molar-refractivity contribution in [3.8, 4) is 17.0 Å². The van der Waals surface area contributed by atoms with E-state index in [1.54, 1.807) is 0 Å². The molecule has 5 nitrogen and oxygen atoms in total. The molecule has 1 heterocycles. The molecule has 0 unspecified atom stereocenters. The van der Waals surface area contributed by atoms with Crippen molar-refractivity contribution in [3.63, 3.8) is 0 Å². The molecule has 3 N–H and O–H groups in total. The summed E-state index contributed by atoms with van der Waals surface area (Å²) in [5.74, 6) is 0.801. The number of anilines is 2. The molecule has 0 aliphatic carbocycles. The zero-order valence-corrected chi connectivity index (χ0v) is 17.9. The van der Waals surface area contributed by atoms with Gasteiger partial charge in [0.25, 0.3) is 0 Å². The molecule has 31 heavy (non-hydrogen) atoms. The average molecular weight is 414 g/mol. The molecule has 4 aromatic rings. The molecule has 0 atom stereocenters. The molecule has 0 saturated heterocycles. The fourth-order valence-electron chi connectivity index (χ4n) is 3.95. The van der Waals surface area contributed by atoms with Gasteiger partial charge < -0.3 is 20.4 Å². The van der Waals surface area contributed by atoms with Crippen LogP contribution in [0.25, 0.3) is 22.2 Å². The number of aryl methyl sites for hydroxylation is 1. The molecule has 0 bridgehead atoms. The highest BCUT2D eigenvalue weighted by Gasteiger charge is 2.16. The number of carbonyl (C=O) groups excluding carboxylic acids is 1. The Kier molecular flexibility index (Phi) is 5.94. The second kappa shape index (κ2) is 8.96. The highest BCUT2D eigenvalue weighted by atomic mass is 16.5. The molecular weight excluding hydrogens is 386 g/mol. The lowest BCUT2D eigenvalue weighted by atomic mass is 10.1. The third kappa shape index (κ3) is 4.26. The monoisotopic (exact) mass is 413 g/mol. The number of hydrogen-bond donors (Lipinski definition) is 2. The Morgan fingerprint density at radius 1 is 1.00 bits per heavy atom. The van der Waals surface area contributed by atoms with Crippen LogP contribution in [0.1, 0.15) is 19.4 Å². The van der Waals surface area contributed by atoms with E-state index in [1.165, 1.54) is 0 Å². The first kappa shape index (κ1) is 20.5. The van der Waals surface area contributed by atoms with Crippen LogP contribution in [0.3, 0.4) is 0 Å². The number of benzene rings is 3. The van der Waals surface area contributed by atoms with Crippen molar-refractivity contribution in [2.24, 2.45) is 0 Å². The third-order valence-electron chi connectivity index (χ3n) is 5.35. The second-order valence-corrected chi connectivity index (χ2v) is 7.41. The van der Waals surface area contributed by atoms with Crippen molar-refractivity contribution in [3.05, 3.63) is 78.4 Å². The van der Waals surface area contributed by atoms with Gasteiger partial charge in [-0.25, -0.2) is 0 Å². The van der Waals surface area contributed by atoms with E-state index in [2.05, 4.69) is 16.8 Å². The zero-order valence-electron chi connectivity index (χ0n) is 17.9. The number of aromatic nitrogens is 1. The van der Waals surface area contributed by atoms with Gasteiger partial charge in [0.2, 0.25) is 5.91 Å². The van der Waals surface area contributed by atoms with E-state index in [0.29, 0.717) is 13.0 Å². The Bertz CT molecular complexity index is 1200. The molecule has 1 amide bonds. The first-order valence-electron chi connectivity index (χ1n) is 10.6. The quantitative estimate of drug-likeness (QED) is 0.421.